The molecule has 0 radical (unpaired) electrons. The van der Waals surface area contributed by atoms with Gasteiger partial charge in [-0.1, -0.05) is 51.1 Å². The number of fused-ring (bicyclic) bond motifs is 3. The second-order valence-electron chi connectivity index (χ2n) is 11.7. The molecule has 3 heterocycles. The van der Waals surface area contributed by atoms with Gasteiger partial charge in [-0.05, 0) is 42.7 Å². The number of hydrogen-bond donors (Lipinski definition) is 1. The van der Waals surface area contributed by atoms with Crippen LogP contribution in [0.3, 0.4) is 0 Å². The predicted molar refractivity (Wildman–Crippen MR) is 164 cm³/mol. The lowest BCUT2D eigenvalue weighted by Gasteiger charge is -2.33. The summed E-state index contributed by atoms with van der Waals surface area (Å²) in [5.41, 5.74) is 3.99. The minimum Gasteiger partial charge on any atom is -0.462 e. The number of piperazine rings is 1. The molecular weight excluding hydrogens is 552 g/mol. The molecule has 2 aliphatic heterocycles. The molecule has 1 aromatic heterocycles. The number of para-hydroxylation sites is 1. The number of sulfonamides is 1. The maximum absolute atomic E-state index is 14.0. The summed E-state index contributed by atoms with van der Waals surface area (Å²) in [5, 5.41) is 1.02. The van der Waals surface area contributed by atoms with Crippen LogP contribution in [0.25, 0.3) is 16.5 Å². The number of rotatable bonds is 8. The van der Waals surface area contributed by atoms with Crippen LogP contribution in [-0.4, -0.2) is 84.5 Å². The van der Waals surface area contributed by atoms with Crippen LogP contribution in [0.15, 0.2) is 54.7 Å². The van der Waals surface area contributed by atoms with E-state index in [2.05, 4.69) is 23.7 Å². The molecule has 1 N–H and O–H groups in total. The van der Waals surface area contributed by atoms with Gasteiger partial charge in [0, 0.05) is 67.3 Å². The van der Waals surface area contributed by atoms with E-state index in [0.29, 0.717) is 69.1 Å². The number of carbonyl (C=O) groups is 2. The maximum atomic E-state index is 14.0. The fourth-order valence-electron chi connectivity index (χ4n) is 5.95. The Kier molecular flexibility index (Phi) is 8.59. The molecule has 5 rings (SSSR count). The van der Waals surface area contributed by atoms with Crippen molar-refractivity contribution in [1.82, 2.24) is 19.1 Å². The molecule has 42 heavy (non-hydrogen) atoms. The Balaban J connectivity index is 1.42. The third-order valence-electron chi connectivity index (χ3n) is 8.09. The van der Waals surface area contributed by atoms with Gasteiger partial charge in [0.15, 0.2) is 0 Å². The Morgan fingerprint density at radius 2 is 1.74 bits per heavy atom. The number of carbonyl (C=O) groups excluding carboxylic acids is 2. The number of benzene rings is 2. The highest BCUT2D eigenvalue weighted by Crippen LogP contribution is 2.40. The van der Waals surface area contributed by atoms with Gasteiger partial charge in [-0.25, -0.2) is 13.2 Å². The molecule has 2 aliphatic rings. The van der Waals surface area contributed by atoms with Crippen molar-refractivity contribution < 1.29 is 22.7 Å². The summed E-state index contributed by atoms with van der Waals surface area (Å²) in [6, 6.07) is 15.5. The smallest absolute Gasteiger partial charge is 0.341 e. The fourth-order valence-corrected chi connectivity index (χ4v) is 7.04. The van der Waals surface area contributed by atoms with Gasteiger partial charge >= 0.3 is 5.97 Å². The Morgan fingerprint density at radius 3 is 2.45 bits per heavy atom. The van der Waals surface area contributed by atoms with Gasteiger partial charge in [-0.3, -0.25) is 9.69 Å². The molecule has 0 spiro atoms. The Labute approximate surface area is 248 Å². The minimum atomic E-state index is -3.19. The molecule has 0 atom stereocenters. The highest BCUT2D eigenvalue weighted by molar-refractivity contribution is 7.89. The number of H-pyrrole nitrogens is 1. The van der Waals surface area contributed by atoms with Crippen LogP contribution in [0.5, 0.6) is 0 Å². The van der Waals surface area contributed by atoms with Crippen molar-refractivity contribution in [2.45, 2.75) is 46.1 Å². The number of amides is 1. The van der Waals surface area contributed by atoms with Crippen LogP contribution in [0.2, 0.25) is 0 Å². The Bertz CT molecular complexity index is 1620. The minimum absolute atomic E-state index is 0.109. The van der Waals surface area contributed by atoms with Gasteiger partial charge in [-0.2, -0.15) is 4.31 Å². The van der Waals surface area contributed by atoms with E-state index in [-0.39, 0.29) is 11.7 Å². The Hall–Kier alpha value is -3.47. The molecule has 1 amide bonds. The second kappa shape index (κ2) is 12.0. The number of aromatic nitrogens is 1. The van der Waals surface area contributed by atoms with E-state index in [9.17, 15) is 18.0 Å². The zero-order chi connectivity index (χ0) is 30.1. The lowest BCUT2D eigenvalue weighted by Crippen LogP contribution is -2.48. The van der Waals surface area contributed by atoms with Crippen molar-refractivity contribution in [3.63, 3.8) is 0 Å². The fraction of sp³-hybridized carbons (Fsp3) is 0.438. The first kappa shape index (κ1) is 30.0. The predicted octanol–water partition coefficient (Wildman–Crippen LogP) is 4.36. The number of esters is 1. The summed E-state index contributed by atoms with van der Waals surface area (Å²) < 4.78 is 31.6. The average Bonchev–Trinajstić information content (AvgIpc) is 3.33. The number of aromatic amines is 1. The molecule has 224 valence electrons. The lowest BCUT2D eigenvalue weighted by molar-refractivity contribution is -0.136. The largest absolute Gasteiger partial charge is 0.462 e. The SMILES string of the molecule is CCCOC(=O)C1=CN(C(=O)c2cccc(CN3CCN(S(=O)(=O)CC)CC3)c2)CC(C)(C)c2c1[nH]c1ccccc21. The lowest BCUT2D eigenvalue weighted by atomic mass is 9.81. The van der Waals surface area contributed by atoms with Gasteiger partial charge in [0.2, 0.25) is 10.0 Å². The van der Waals surface area contributed by atoms with Crippen LogP contribution in [0, 0.1) is 0 Å². The molecule has 3 aromatic rings. The molecular formula is C32H40N4O5S. The zero-order valence-corrected chi connectivity index (χ0v) is 25.7. The zero-order valence-electron chi connectivity index (χ0n) is 24.9. The molecule has 2 aromatic carbocycles. The van der Waals surface area contributed by atoms with Gasteiger partial charge in [0.05, 0.1) is 23.6 Å². The quantitative estimate of drug-likeness (QED) is 0.390. The molecule has 0 unspecified atom stereocenters. The van der Waals surface area contributed by atoms with Crippen molar-refractivity contribution in [1.29, 1.82) is 0 Å². The summed E-state index contributed by atoms with van der Waals surface area (Å²) in [6.07, 6.45) is 2.34. The Morgan fingerprint density at radius 1 is 1.00 bits per heavy atom. The van der Waals surface area contributed by atoms with Gasteiger partial charge < -0.3 is 14.6 Å². The van der Waals surface area contributed by atoms with Crippen molar-refractivity contribution in [3.05, 3.63) is 77.1 Å². The van der Waals surface area contributed by atoms with Crippen LogP contribution in [0.4, 0.5) is 0 Å². The van der Waals surface area contributed by atoms with Crippen molar-refractivity contribution in [2.75, 3.05) is 45.1 Å². The number of hydrogen-bond acceptors (Lipinski definition) is 6. The van der Waals surface area contributed by atoms with Crippen molar-refractivity contribution in [3.8, 4) is 0 Å². The van der Waals surface area contributed by atoms with E-state index in [1.807, 2.05) is 49.4 Å². The van der Waals surface area contributed by atoms with E-state index in [1.54, 1.807) is 28.4 Å². The van der Waals surface area contributed by atoms with E-state index in [4.69, 9.17) is 4.74 Å². The van der Waals surface area contributed by atoms with E-state index >= 15 is 0 Å². The topological polar surface area (TPSA) is 103 Å². The van der Waals surface area contributed by atoms with Crippen LogP contribution < -0.4 is 0 Å². The monoisotopic (exact) mass is 592 g/mol. The number of nitrogens with zero attached hydrogens (tertiary/aromatic N) is 3. The van der Waals surface area contributed by atoms with Crippen molar-refractivity contribution in [2.24, 2.45) is 0 Å². The molecule has 10 heteroatoms. The van der Waals surface area contributed by atoms with E-state index in [0.717, 1.165) is 22.0 Å². The first-order valence-corrected chi connectivity index (χ1v) is 16.3. The van der Waals surface area contributed by atoms with Crippen LogP contribution in [-0.2, 0) is 31.5 Å². The van der Waals surface area contributed by atoms with Crippen molar-refractivity contribution >= 4 is 38.4 Å². The third-order valence-corrected chi connectivity index (χ3v) is 9.97. The van der Waals surface area contributed by atoms with E-state index in [1.165, 1.54) is 0 Å². The standard InChI is InChI=1S/C32H40N4O5S/c1-5-18-41-31(38)26-21-35(22-32(3,4)28-25-12-7-8-13-27(25)33-29(26)28)30(37)24-11-9-10-23(19-24)20-34-14-16-36(17-15-34)42(39,40)6-2/h7-13,19,21,33H,5-6,14-18,20,22H2,1-4H3. The summed E-state index contributed by atoms with van der Waals surface area (Å²) in [5.74, 6) is -0.546. The van der Waals surface area contributed by atoms with Crippen LogP contribution in [0.1, 0.15) is 61.3 Å². The second-order valence-corrected chi connectivity index (χ2v) is 13.9. The highest BCUT2D eigenvalue weighted by Gasteiger charge is 2.37. The number of nitrogens with one attached hydrogen (secondary N) is 1. The molecule has 0 bridgehead atoms. The summed E-state index contributed by atoms with van der Waals surface area (Å²) >= 11 is 0. The molecule has 9 nitrogen and oxygen atoms in total. The highest BCUT2D eigenvalue weighted by atomic mass is 32.2. The van der Waals surface area contributed by atoms with Crippen LogP contribution >= 0.6 is 0 Å². The molecule has 1 saturated heterocycles. The maximum Gasteiger partial charge on any atom is 0.341 e. The molecule has 0 saturated carbocycles. The molecule has 1 fully saturated rings. The third kappa shape index (κ3) is 6.02. The van der Waals surface area contributed by atoms with Gasteiger partial charge in [-0.15, -0.1) is 0 Å². The summed E-state index contributed by atoms with van der Waals surface area (Å²) in [7, 11) is -3.19. The van der Waals surface area contributed by atoms with Gasteiger partial charge in [0.25, 0.3) is 5.91 Å². The first-order chi connectivity index (χ1) is 20.0. The average molecular weight is 593 g/mol. The van der Waals surface area contributed by atoms with E-state index < -0.39 is 21.4 Å². The first-order valence-electron chi connectivity index (χ1n) is 14.6. The molecule has 0 aliphatic carbocycles. The number of ether oxygens (including phenoxy) is 1. The normalized spacial score (nSPS) is 17.9. The summed E-state index contributed by atoms with van der Waals surface area (Å²) in [4.78, 5) is 34.7. The van der Waals surface area contributed by atoms with Gasteiger partial charge in [0.1, 0.15) is 0 Å². The summed E-state index contributed by atoms with van der Waals surface area (Å²) in [6.45, 7) is 11.3.